The zero-order valence-electron chi connectivity index (χ0n) is 5.85. The lowest BCUT2D eigenvalue weighted by atomic mass is 10.6. The van der Waals surface area contributed by atoms with Crippen LogP contribution in [0.25, 0.3) is 0 Å². The Morgan fingerprint density at radius 2 is 2.44 bits per heavy atom. The lowest BCUT2D eigenvalue weighted by molar-refractivity contribution is 0.215. The summed E-state index contributed by atoms with van der Waals surface area (Å²) in [6.07, 6.45) is 1.37. The SMILES string of the molecule is C=CNC(=O)N(C)CC. The number of hydrogen-bond acceptors (Lipinski definition) is 1. The Bertz CT molecular complexity index is 112. The summed E-state index contributed by atoms with van der Waals surface area (Å²) >= 11 is 0. The van der Waals surface area contributed by atoms with Crippen LogP contribution in [0.2, 0.25) is 0 Å². The molecule has 0 aromatic rings. The molecule has 52 valence electrons. The van der Waals surface area contributed by atoms with Gasteiger partial charge in [0.05, 0.1) is 0 Å². The highest BCUT2D eigenvalue weighted by molar-refractivity contribution is 5.74. The predicted molar refractivity (Wildman–Crippen MR) is 37.0 cm³/mol. The van der Waals surface area contributed by atoms with Crippen molar-refractivity contribution in [3.05, 3.63) is 12.8 Å². The lowest BCUT2D eigenvalue weighted by Gasteiger charge is -2.12. The normalized spacial score (nSPS) is 8.22. The van der Waals surface area contributed by atoms with E-state index in [0.717, 1.165) is 0 Å². The van der Waals surface area contributed by atoms with Crippen LogP contribution in [0, 0.1) is 0 Å². The van der Waals surface area contributed by atoms with E-state index in [4.69, 9.17) is 0 Å². The molecule has 0 aromatic carbocycles. The Hall–Kier alpha value is -0.990. The third-order valence-electron chi connectivity index (χ3n) is 1.05. The van der Waals surface area contributed by atoms with Gasteiger partial charge in [-0.15, -0.1) is 0 Å². The molecule has 0 radical (unpaired) electrons. The van der Waals surface area contributed by atoms with Crippen LogP contribution in [0.1, 0.15) is 6.92 Å². The van der Waals surface area contributed by atoms with Crippen molar-refractivity contribution in [3.8, 4) is 0 Å². The fraction of sp³-hybridized carbons (Fsp3) is 0.500. The molecule has 0 heterocycles. The Kier molecular flexibility index (Phi) is 3.51. The van der Waals surface area contributed by atoms with Gasteiger partial charge in [0.1, 0.15) is 0 Å². The van der Waals surface area contributed by atoms with Crippen LogP contribution in [0.3, 0.4) is 0 Å². The Labute approximate surface area is 55.3 Å². The highest BCUT2D eigenvalue weighted by Gasteiger charge is 2.00. The molecule has 0 saturated carbocycles. The van der Waals surface area contributed by atoms with E-state index in [1.165, 1.54) is 6.20 Å². The number of nitrogens with zero attached hydrogens (tertiary/aromatic N) is 1. The molecule has 0 bridgehead atoms. The third-order valence-corrected chi connectivity index (χ3v) is 1.05. The van der Waals surface area contributed by atoms with Crippen molar-refractivity contribution >= 4 is 6.03 Å². The summed E-state index contributed by atoms with van der Waals surface area (Å²) in [5.74, 6) is 0. The maximum Gasteiger partial charge on any atom is 0.321 e. The van der Waals surface area contributed by atoms with Gasteiger partial charge in [-0.1, -0.05) is 6.58 Å². The first-order valence-corrected chi connectivity index (χ1v) is 2.85. The van der Waals surface area contributed by atoms with Crippen LogP contribution in [-0.2, 0) is 0 Å². The van der Waals surface area contributed by atoms with Crippen LogP contribution in [-0.4, -0.2) is 24.5 Å². The second-order valence-corrected chi connectivity index (χ2v) is 1.67. The van der Waals surface area contributed by atoms with E-state index in [2.05, 4.69) is 11.9 Å². The average Bonchev–Trinajstić information content (AvgIpc) is 1.87. The van der Waals surface area contributed by atoms with E-state index in [1.807, 2.05) is 6.92 Å². The number of amides is 2. The van der Waals surface area contributed by atoms with E-state index in [9.17, 15) is 4.79 Å². The summed E-state index contributed by atoms with van der Waals surface area (Å²) in [5.41, 5.74) is 0. The summed E-state index contributed by atoms with van der Waals surface area (Å²) in [4.78, 5) is 12.3. The first-order valence-electron chi connectivity index (χ1n) is 2.85. The molecule has 3 nitrogen and oxygen atoms in total. The topological polar surface area (TPSA) is 32.3 Å². The smallest absolute Gasteiger partial charge is 0.321 e. The van der Waals surface area contributed by atoms with Crippen molar-refractivity contribution in [1.29, 1.82) is 0 Å². The summed E-state index contributed by atoms with van der Waals surface area (Å²) in [6.45, 7) is 5.97. The van der Waals surface area contributed by atoms with Crippen molar-refractivity contribution in [3.63, 3.8) is 0 Å². The largest absolute Gasteiger partial charge is 0.328 e. The van der Waals surface area contributed by atoms with Gasteiger partial charge in [0, 0.05) is 13.6 Å². The number of hydrogen-bond donors (Lipinski definition) is 1. The maximum atomic E-state index is 10.7. The van der Waals surface area contributed by atoms with Crippen LogP contribution < -0.4 is 5.32 Å². The third kappa shape index (κ3) is 2.74. The molecule has 0 unspecified atom stereocenters. The quantitative estimate of drug-likeness (QED) is 0.586. The van der Waals surface area contributed by atoms with Gasteiger partial charge in [0.25, 0.3) is 0 Å². The minimum Gasteiger partial charge on any atom is -0.328 e. The highest BCUT2D eigenvalue weighted by Crippen LogP contribution is 1.80. The minimum atomic E-state index is -0.118. The van der Waals surface area contributed by atoms with E-state index in [0.29, 0.717) is 6.54 Å². The van der Waals surface area contributed by atoms with Crippen LogP contribution >= 0.6 is 0 Å². The molecule has 9 heavy (non-hydrogen) atoms. The summed E-state index contributed by atoms with van der Waals surface area (Å²) < 4.78 is 0. The van der Waals surface area contributed by atoms with Gasteiger partial charge in [-0.25, -0.2) is 4.79 Å². The maximum absolute atomic E-state index is 10.7. The predicted octanol–water partition coefficient (Wildman–Crippen LogP) is 0.791. The Balaban J connectivity index is 3.58. The second-order valence-electron chi connectivity index (χ2n) is 1.67. The molecule has 1 N–H and O–H groups in total. The zero-order valence-corrected chi connectivity index (χ0v) is 5.85. The molecular formula is C6H12N2O. The highest BCUT2D eigenvalue weighted by atomic mass is 16.2. The van der Waals surface area contributed by atoms with Gasteiger partial charge < -0.3 is 10.2 Å². The molecule has 0 fully saturated rings. The molecule has 3 heteroatoms. The molecule has 0 spiro atoms. The van der Waals surface area contributed by atoms with Gasteiger partial charge in [0.15, 0.2) is 0 Å². The molecule has 2 amide bonds. The van der Waals surface area contributed by atoms with Gasteiger partial charge in [-0.2, -0.15) is 0 Å². The fourth-order valence-corrected chi connectivity index (χ4v) is 0.341. The summed E-state index contributed by atoms with van der Waals surface area (Å²) in [7, 11) is 1.72. The molecular weight excluding hydrogens is 116 g/mol. The Morgan fingerprint density at radius 1 is 1.89 bits per heavy atom. The zero-order chi connectivity index (χ0) is 7.28. The van der Waals surface area contributed by atoms with E-state index in [1.54, 1.807) is 11.9 Å². The first kappa shape index (κ1) is 8.01. The van der Waals surface area contributed by atoms with Crippen molar-refractivity contribution in [2.75, 3.05) is 13.6 Å². The second kappa shape index (κ2) is 3.95. The molecule has 0 aliphatic rings. The fourth-order valence-electron chi connectivity index (χ4n) is 0.341. The van der Waals surface area contributed by atoms with E-state index < -0.39 is 0 Å². The minimum absolute atomic E-state index is 0.118. The summed E-state index contributed by atoms with van der Waals surface area (Å²) in [5, 5.41) is 2.45. The molecule has 0 aliphatic heterocycles. The van der Waals surface area contributed by atoms with Crippen LogP contribution in [0.15, 0.2) is 12.8 Å². The molecule has 0 aliphatic carbocycles. The molecule has 0 rings (SSSR count). The standard InChI is InChI=1S/C6H12N2O/c1-4-7-6(9)8(3)5-2/h4H,1,5H2,2-3H3,(H,7,9). The number of nitrogens with one attached hydrogen (secondary N) is 1. The van der Waals surface area contributed by atoms with Crippen molar-refractivity contribution in [1.82, 2.24) is 10.2 Å². The van der Waals surface area contributed by atoms with Crippen molar-refractivity contribution < 1.29 is 4.79 Å². The van der Waals surface area contributed by atoms with Crippen molar-refractivity contribution in [2.45, 2.75) is 6.92 Å². The summed E-state index contributed by atoms with van der Waals surface area (Å²) in [6, 6.07) is -0.118. The van der Waals surface area contributed by atoms with Crippen LogP contribution in [0.5, 0.6) is 0 Å². The molecule has 0 aromatic heterocycles. The van der Waals surface area contributed by atoms with Gasteiger partial charge >= 0.3 is 6.03 Å². The van der Waals surface area contributed by atoms with E-state index in [-0.39, 0.29) is 6.03 Å². The number of urea groups is 1. The first-order chi connectivity index (χ1) is 4.22. The van der Waals surface area contributed by atoms with Crippen LogP contribution in [0.4, 0.5) is 4.79 Å². The number of rotatable bonds is 2. The number of carbonyl (C=O) groups is 1. The van der Waals surface area contributed by atoms with Crippen molar-refractivity contribution in [2.24, 2.45) is 0 Å². The van der Waals surface area contributed by atoms with Gasteiger partial charge in [0.2, 0.25) is 0 Å². The molecule has 0 saturated heterocycles. The monoisotopic (exact) mass is 128 g/mol. The Morgan fingerprint density at radius 3 is 2.78 bits per heavy atom. The number of carbonyl (C=O) groups excluding carboxylic acids is 1. The average molecular weight is 128 g/mol. The van der Waals surface area contributed by atoms with Gasteiger partial charge in [-0.3, -0.25) is 0 Å². The van der Waals surface area contributed by atoms with Gasteiger partial charge in [-0.05, 0) is 13.1 Å². The lowest BCUT2D eigenvalue weighted by Crippen LogP contribution is -2.33. The molecule has 0 atom stereocenters. The van der Waals surface area contributed by atoms with E-state index >= 15 is 0 Å².